The molecule has 2 N–H and O–H groups in total. The van der Waals surface area contributed by atoms with E-state index in [9.17, 15) is 9.59 Å². The van der Waals surface area contributed by atoms with Crippen LogP contribution in [0.4, 0.5) is 0 Å². The van der Waals surface area contributed by atoms with Crippen molar-refractivity contribution < 1.29 is 14.3 Å². The molecule has 1 aromatic carbocycles. The molecule has 0 atom stereocenters. The van der Waals surface area contributed by atoms with Gasteiger partial charge in [-0.15, -0.1) is 12.4 Å². The molecule has 0 aromatic heterocycles. The number of nitrogens with zero attached hydrogens (tertiary/aromatic N) is 2. The molecular weight excluding hydrogens is 398 g/mol. The second kappa shape index (κ2) is 10.5. The maximum absolute atomic E-state index is 12.2. The van der Waals surface area contributed by atoms with E-state index in [2.05, 4.69) is 15.9 Å². The van der Waals surface area contributed by atoms with Crippen molar-refractivity contribution in [1.29, 1.82) is 0 Å². The van der Waals surface area contributed by atoms with E-state index < -0.39 is 0 Å². The second-order valence-corrected chi connectivity index (χ2v) is 6.31. The van der Waals surface area contributed by atoms with Crippen LogP contribution >= 0.6 is 28.3 Å². The van der Waals surface area contributed by atoms with E-state index in [0.29, 0.717) is 51.3 Å². The SMILES string of the molecule is Cl.NCCCC(=O)N1CCN(C(=O)COc2ccc(Br)cc2)CC1. The van der Waals surface area contributed by atoms with Crippen LogP contribution in [0.25, 0.3) is 0 Å². The number of carbonyl (C=O) groups is 2. The molecule has 1 aliphatic heterocycles. The molecule has 6 nitrogen and oxygen atoms in total. The standard InChI is InChI=1S/C16H22BrN3O3.ClH/c17-13-3-5-14(6-4-13)23-12-16(22)20-10-8-19(9-11-20)15(21)2-1-7-18;/h3-6H,1-2,7-12,18H2;1H. The number of ether oxygens (including phenoxy) is 1. The van der Waals surface area contributed by atoms with E-state index in [1.54, 1.807) is 9.80 Å². The van der Waals surface area contributed by atoms with Crippen LogP contribution in [0.5, 0.6) is 5.75 Å². The van der Waals surface area contributed by atoms with Gasteiger partial charge in [-0.3, -0.25) is 9.59 Å². The summed E-state index contributed by atoms with van der Waals surface area (Å²) in [5, 5.41) is 0. The van der Waals surface area contributed by atoms with Crippen molar-refractivity contribution in [1.82, 2.24) is 9.80 Å². The molecule has 0 unspecified atom stereocenters. The predicted octanol–water partition coefficient (Wildman–Crippen LogP) is 1.66. The number of carbonyl (C=O) groups excluding carboxylic acids is 2. The van der Waals surface area contributed by atoms with E-state index in [1.165, 1.54) is 0 Å². The van der Waals surface area contributed by atoms with Crippen LogP contribution in [0.2, 0.25) is 0 Å². The van der Waals surface area contributed by atoms with Crippen LogP contribution in [-0.4, -0.2) is 60.9 Å². The number of hydrogen-bond acceptors (Lipinski definition) is 4. The highest BCUT2D eigenvalue weighted by atomic mass is 79.9. The molecule has 134 valence electrons. The summed E-state index contributed by atoms with van der Waals surface area (Å²) in [5.41, 5.74) is 5.42. The second-order valence-electron chi connectivity index (χ2n) is 5.40. The van der Waals surface area contributed by atoms with Crippen LogP contribution in [0, 0.1) is 0 Å². The third-order valence-corrected chi connectivity index (χ3v) is 4.28. The molecule has 24 heavy (non-hydrogen) atoms. The average Bonchev–Trinajstić information content (AvgIpc) is 2.59. The summed E-state index contributed by atoms with van der Waals surface area (Å²) in [4.78, 5) is 27.6. The largest absolute Gasteiger partial charge is 0.484 e. The lowest BCUT2D eigenvalue weighted by Crippen LogP contribution is -2.51. The Morgan fingerprint density at radius 3 is 2.12 bits per heavy atom. The first-order valence-corrected chi connectivity index (χ1v) is 8.53. The van der Waals surface area contributed by atoms with Crippen molar-refractivity contribution in [2.24, 2.45) is 5.73 Å². The summed E-state index contributed by atoms with van der Waals surface area (Å²) in [5.74, 6) is 0.729. The highest BCUT2D eigenvalue weighted by Crippen LogP contribution is 2.16. The summed E-state index contributed by atoms with van der Waals surface area (Å²) in [6.45, 7) is 2.80. The van der Waals surface area contributed by atoms with E-state index in [4.69, 9.17) is 10.5 Å². The van der Waals surface area contributed by atoms with E-state index in [-0.39, 0.29) is 30.8 Å². The van der Waals surface area contributed by atoms with Crippen molar-refractivity contribution in [3.8, 4) is 5.75 Å². The molecule has 8 heteroatoms. The zero-order valence-electron chi connectivity index (χ0n) is 13.4. The number of amides is 2. The van der Waals surface area contributed by atoms with Gasteiger partial charge in [-0.1, -0.05) is 15.9 Å². The van der Waals surface area contributed by atoms with Gasteiger partial charge in [0.05, 0.1) is 0 Å². The predicted molar refractivity (Wildman–Crippen MR) is 98.3 cm³/mol. The number of halogens is 2. The van der Waals surface area contributed by atoms with Crippen LogP contribution in [-0.2, 0) is 9.59 Å². The fourth-order valence-electron chi connectivity index (χ4n) is 2.38. The Kier molecular flexibility index (Phi) is 9.10. The minimum Gasteiger partial charge on any atom is -0.484 e. The quantitative estimate of drug-likeness (QED) is 0.759. The van der Waals surface area contributed by atoms with Gasteiger partial charge in [0, 0.05) is 37.1 Å². The molecule has 1 saturated heterocycles. The zero-order chi connectivity index (χ0) is 16.7. The zero-order valence-corrected chi connectivity index (χ0v) is 15.9. The van der Waals surface area contributed by atoms with Gasteiger partial charge in [-0.2, -0.15) is 0 Å². The number of hydrogen-bond donors (Lipinski definition) is 1. The smallest absolute Gasteiger partial charge is 0.260 e. The van der Waals surface area contributed by atoms with Gasteiger partial charge in [0.15, 0.2) is 6.61 Å². The molecule has 0 aliphatic carbocycles. The van der Waals surface area contributed by atoms with Crippen molar-refractivity contribution in [3.63, 3.8) is 0 Å². The molecule has 1 aliphatic rings. The first-order chi connectivity index (χ1) is 11.1. The minimum atomic E-state index is -0.0537. The third kappa shape index (κ3) is 6.30. The van der Waals surface area contributed by atoms with Gasteiger partial charge in [0.1, 0.15) is 5.75 Å². The highest BCUT2D eigenvalue weighted by Gasteiger charge is 2.23. The summed E-state index contributed by atoms with van der Waals surface area (Å²) in [6.07, 6.45) is 1.19. The topological polar surface area (TPSA) is 75.9 Å². The summed E-state index contributed by atoms with van der Waals surface area (Å²) < 4.78 is 6.46. The molecule has 1 aromatic rings. The van der Waals surface area contributed by atoms with Gasteiger partial charge in [-0.25, -0.2) is 0 Å². The van der Waals surface area contributed by atoms with Gasteiger partial charge >= 0.3 is 0 Å². The third-order valence-electron chi connectivity index (χ3n) is 3.76. The first-order valence-electron chi connectivity index (χ1n) is 7.74. The lowest BCUT2D eigenvalue weighted by atomic mass is 10.2. The minimum absolute atomic E-state index is 0. The molecule has 0 radical (unpaired) electrons. The van der Waals surface area contributed by atoms with Crippen LogP contribution in [0.3, 0.4) is 0 Å². The van der Waals surface area contributed by atoms with Gasteiger partial charge in [-0.05, 0) is 37.2 Å². The van der Waals surface area contributed by atoms with Crippen molar-refractivity contribution in [2.45, 2.75) is 12.8 Å². The Morgan fingerprint density at radius 1 is 1.04 bits per heavy atom. The first kappa shape index (κ1) is 20.7. The summed E-state index contributed by atoms with van der Waals surface area (Å²) >= 11 is 3.35. The Labute approximate surface area is 156 Å². The van der Waals surface area contributed by atoms with Gasteiger partial charge in [0.25, 0.3) is 5.91 Å². The lowest BCUT2D eigenvalue weighted by Gasteiger charge is -2.34. The number of rotatable bonds is 6. The van der Waals surface area contributed by atoms with Crippen molar-refractivity contribution >= 4 is 40.2 Å². The fraction of sp³-hybridized carbons (Fsp3) is 0.500. The molecule has 0 saturated carbocycles. The monoisotopic (exact) mass is 419 g/mol. The fourth-order valence-corrected chi connectivity index (χ4v) is 2.65. The average molecular weight is 421 g/mol. The van der Waals surface area contributed by atoms with Crippen molar-refractivity contribution in [3.05, 3.63) is 28.7 Å². The Hall–Kier alpha value is -1.31. The van der Waals surface area contributed by atoms with E-state index >= 15 is 0 Å². The number of piperazine rings is 1. The Morgan fingerprint density at radius 2 is 1.58 bits per heavy atom. The molecule has 0 bridgehead atoms. The van der Waals surface area contributed by atoms with E-state index in [1.807, 2.05) is 24.3 Å². The Bertz CT molecular complexity index is 534. The van der Waals surface area contributed by atoms with Gasteiger partial charge in [0.2, 0.25) is 5.91 Å². The number of benzene rings is 1. The Balaban J connectivity index is 0.00000288. The van der Waals surface area contributed by atoms with Crippen molar-refractivity contribution in [2.75, 3.05) is 39.3 Å². The maximum Gasteiger partial charge on any atom is 0.260 e. The molecule has 2 amide bonds. The molecule has 1 heterocycles. The highest BCUT2D eigenvalue weighted by molar-refractivity contribution is 9.10. The van der Waals surface area contributed by atoms with Gasteiger partial charge < -0.3 is 20.3 Å². The molecule has 0 spiro atoms. The molecule has 1 fully saturated rings. The molecular formula is C16H23BrClN3O3. The van der Waals surface area contributed by atoms with Crippen LogP contribution in [0.15, 0.2) is 28.7 Å². The maximum atomic E-state index is 12.2. The normalized spacial score (nSPS) is 14.1. The summed E-state index contributed by atoms with van der Waals surface area (Å²) in [7, 11) is 0. The van der Waals surface area contributed by atoms with Crippen LogP contribution in [0.1, 0.15) is 12.8 Å². The lowest BCUT2D eigenvalue weighted by molar-refractivity contribution is -0.140. The summed E-state index contributed by atoms with van der Waals surface area (Å²) in [6, 6.07) is 7.36. The number of nitrogens with two attached hydrogens (primary N) is 1. The van der Waals surface area contributed by atoms with E-state index in [0.717, 1.165) is 4.47 Å². The molecule has 2 rings (SSSR count). The van der Waals surface area contributed by atoms with Crippen LogP contribution < -0.4 is 10.5 Å².